The number of benzene rings is 1. The fourth-order valence-corrected chi connectivity index (χ4v) is 1.57. The monoisotopic (exact) mass is 234 g/mol. The standard InChI is InChI=1S/C14H22N2O/c1-11(12-7-5-4-6-8-12)16-13(17)9-10-14(2,3)15/h4-8,11H,9-10,15H2,1-3H3,(H,16,17)/t11-/m0/s1. The molecule has 1 amide bonds. The van der Waals surface area contributed by atoms with E-state index in [4.69, 9.17) is 5.73 Å². The summed E-state index contributed by atoms with van der Waals surface area (Å²) in [6.07, 6.45) is 1.17. The van der Waals surface area contributed by atoms with Crippen LogP contribution in [0.2, 0.25) is 0 Å². The quantitative estimate of drug-likeness (QED) is 0.822. The Kier molecular flexibility index (Phi) is 4.70. The number of hydrogen-bond acceptors (Lipinski definition) is 2. The Balaban J connectivity index is 2.42. The predicted octanol–water partition coefficient (Wildman–Crippen LogP) is 2.38. The summed E-state index contributed by atoms with van der Waals surface area (Å²) in [7, 11) is 0. The summed E-state index contributed by atoms with van der Waals surface area (Å²) in [5.74, 6) is 0.0554. The van der Waals surface area contributed by atoms with Crippen molar-refractivity contribution in [2.24, 2.45) is 5.73 Å². The fraction of sp³-hybridized carbons (Fsp3) is 0.500. The molecule has 0 saturated carbocycles. The second kappa shape index (κ2) is 5.82. The lowest BCUT2D eigenvalue weighted by atomic mass is 9.99. The van der Waals surface area contributed by atoms with Gasteiger partial charge in [0.2, 0.25) is 5.91 Å². The van der Waals surface area contributed by atoms with Gasteiger partial charge in [0.25, 0.3) is 0 Å². The third-order valence-electron chi connectivity index (χ3n) is 2.67. The van der Waals surface area contributed by atoms with Gasteiger partial charge in [-0.25, -0.2) is 0 Å². The molecule has 3 nitrogen and oxygen atoms in total. The molecule has 0 spiro atoms. The Morgan fingerprint density at radius 1 is 1.35 bits per heavy atom. The van der Waals surface area contributed by atoms with Gasteiger partial charge in [0.05, 0.1) is 6.04 Å². The molecule has 0 aromatic heterocycles. The van der Waals surface area contributed by atoms with E-state index in [9.17, 15) is 4.79 Å². The molecule has 1 aromatic rings. The summed E-state index contributed by atoms with van der Waals surface area (Å²) in [6.45, 7) is 5.85. The summed E-state index contributed by atoms with van der Waals surface area (Å²) >= 11 is 0. The van der Waals surface area contributed by atoms with Gasteiger partial charge in [0.1, 0.15) is 0 Å². The number of nitrogens with two attached hydrogens (primary N) is 1. The highest BCUT2D eigenvalue weighted by molar-refractivity contribution is 5.76. The molecule has 0 aliphatic rings. The third-order valence-corrected chi connectivity index (χ3v) is 2.67. The Labute approximate surface area is 103 Å². The van der Waals surface area contributed by atoms with E-state index >= 15 is 0 Å². The lowest BCUT2D eigenvalue weighted by Crippen LogP contribution is -2.35. The number of carbonyl (C=O) groups is 1. The zero-order valence-corrected chi connectivity index (χ0v) is 10.9. The van der Waals surface area contributed by atoms with E-state index in [1.165, 1.54) is 0 Å². The molecule has 1 aromatic carbocycles. The predicted molar refractivity (Wildman–Crippen MR) is 70.5 cm³/mol. The van der Waals surface area contributed by atoms with Crippen LogP contribution >= 0.6 is 0 Å². The van der Waals surface area contributed by atoms with Gasteiger partial charge in [-0.15, -0.1) is 0 Å². The largest absolute Gasteiger partial charge is 0.350 e. The second-order valence-electron chi connectivity index (χ2n) is 5.19. The van der Waals surface area contributed by atoms with Crippen molar-refractivity contribution in [2.45, 2.75) is 45.2 Å². The Hall–Kier alpha value is -1.35. The van der Waals surface area contributed by atoms with Crippen LogP contribution in [0.3, 0.4) is 0 Å². The Bertz CT molecular complexity index is 354. The first-order valence-electron chi connectivity index (χ1n) is 6.02. The van der Waals surface area contributed by atoms with Gasteiger partial charge >= 0.3 is 0 Å². The normalized spacial score (nSPS) is 13.2. The molecule has 17 heavy (non-hydrogen) atoms. The molecule has 0 heterocycles. The van der Waals surface area contributed by atoms with Crippen LogP contribution in [-0.2, 0) is 4.79 Å². The maximum Gasteiger partial charge on any atom is 0.220 e. The van der Waals surface area contributed by atoms with E-state index in [0.29, 0.717) is 12.8 Å². The van der Waals surface area contributed by atoms with Gasteiger partial charge in [-0.2, -0.15) is 0 Å². The van der Waals surface area contributed by atoms with Gasteiger partial charge in [0.15, 0.2) is 0 Å². The average Bonchev–Trinajstić information content (AvgIpc) is 2.27. The van der Waals surface area contributed by atoms with Crippen molar-refractivity contribution >= 4 is 5.91 Å². The summed E-state index contributed by atoms with van der Waals surface area (Å²) in [5, 5.41) is 2.97. The van der Waals surface area contributed by atoms with Crippen molar-refractivity contribution < 1.29 is 4.79 Å². The zero-order chi connectivity index (χ0) is 12.9. The van der Waals surface area contributed by atoms with Crippen LogP contribution in [0.25, 0.3) is 0 Å². The zero-order valence-electron chi connectivity index (χ0n) is 10.9. The molecule has 0 aliphatic heterocycles. The van der Waals surface area contributed by atoms with Crippen LogP contribution in [0.4, 0.5) is 0 Å². The van der Waals surface area contributed by atoms with Crippen molar-refractivity contribution in [3.05, 3.63) is 35.9 Å². The van der Waals surface area contributed by atoms with Crippen LogP contribution in [0.5, 0.6) is 0 Å². The maximum absolute atomic E-state index is 11.7. The minimum Gasteiger partial charge on any atom is -0.350 e. The van der Waals surface area contributed by atoms with Crippen LogP contribution in [0.1, 0.15) is 45.2 Å². The van der Waals surface area contributed by atoms with E-state index in [-0.39, 0.29) is 17.5 Å². The minimum absolute atomic E-state index is 0.0459. The summed E-state index contributed by atoms with van der Waals surface area (Å²) in [4.78, 5) is 11.7. The lowest BCUT2D eigenvalue weighted by Gasteiger charge is -2.19. The molecular weight excluding hydrogens is 212 g/mol. The molecule has 94 valence electrons. The molecule has 3 N–H and O–H groups in total. The van der Waals surface area contributed by atoms with Gasteiger partial charge in [-0.05, 0) is 32.8 Å². The first-order chi connectivity index (χ1) is 7.88. The topological polar surface area (TPSA) is 55.1 Å². The minimum atomic E-state index is -0.284. The van der Waals surface area contributed by atoms with E-state index in [2.05, 4.69) is 5.32 Å². The van der Waals surface area contributed by atoms with Crippen molar-refractivity contribution in [1.82, 2.24) is 5.32 Å². The van der Waals surface area contributed by atoms with E-state index in [0.717, 1.165) is 5.56 Å². The van der Waals surface area contributed by atoms with Gasteiger partial charge in [-0.3, -0.25) is 4.79 Å². The number of nitrogens with one attached hydrogen (secondary N) is 1. The average molecular weight is 234 g/mol. The number of carbonyl (C=O) groups excluding carboxylic acids is 1. The Morgan fingerprint density at radius 2 is 1.94 bits per heavy atom. The molecule has 0 radical (unpaired) electrons. The highest BCUT2D eigenvalue weighted by Gasteiger charge is 2.14. The van der Waals surface area contributed by atoms with Crippen molar-refractivity contribution in [1.29, 1.82) is 0 Å². The maximum atomic E-state index is 11.7. The summed E-state index contributed by atoms with van der Waals surface area (Å²) in [5.41, 5.74) is 6.68. The van der Waals surface area contributed by atoms with Crippen molar-refractivity contribution in [3.8, 4) is 0 Å². The Morgan fingerprint density at radius 3 is 2.47 bits per heavy atom. The molecule has 0 unspecified atom stereocenters. The van der Waals surface area contributed by atoms with Crippen LogP contribution < -0.4 is 11.1 Å². The highest BCUT2D eigenvalue weighted by Crippen LogP contribution is 2.12. The molecule has 0 aliphatic carbocycles. The van der Waals surface area contributed by atoms with E-state index in [1.54, 1.807) is 0 Å². The van der Waals surface area contributed by atoms with Gasteiger partial charge in [-0.1, -0.05) is 30.3 Å². The summed E-state index contributed by atoms with van der Waals surface area (Å²) < 4.78 is 0. The SMILES string of the molecule is C[C@H](NC(=O)CCC(C)(C)N)c1ccccc1. The summed E-state index contributed by atoms with van der Waals surface area (Å²) in [6, 6.07) is 9.98. The first-order valence-corrected chi connectivity index (χ1v) is 6.02. The van der Waals surface area contributed by atoms with Crippen LogP contribution in [0, 0.1) is 0 Å². The van der Waals surface area contributed by atoms with Crippen LogP contribution in [0.15, 0.2) is 30.3 Å². The molecular formula is C14H22N2O. The second-order valence-corrected chi connectivity index (χ2v) is 5.19. The number of amides is 1. The molecule has 1 rings (SSSR count). The third kappa shape index (κ3) is 5.50. The number of hydrogen-bond donors (Lipinski definition) is 2. The van der Waals surface area contributed by atoms with Crippen LogP contribution in [-0.4, -0.2) is 11.4 Å². The lowest BCUT2D eigenvalue weighted by molar-refractivity contribution is -0.122. The van der Waals surface area contributed by atoms with Crippen molar-refractivity contribution in [3.63, 3.8) is 0 Å². The smallest absolute Gasteiger partial charge is 0.220 e. The number of rotatable bonds is 5. The van der Waals surface area contributed by atoms with E-state index < -0.39 is 0 Å². The molecule has 3 heteroatoms. The molecule has 0 saturated heterocycles. The molecule has 0 fully saturated rings. The van der Waals surface area contributed by atoms with E-state index in [1.807, 2.05) is 51.1 Å². The highest BCUT2D eigenvalue weighted by atomic mass is 16.1. The fourth-order valence-electron chi connectivity index (χ4n) is 1.57. The van der Waals surface area contributed by atoms with Gasteiger partial charge in [0, 0.05) is 12.0 Å². The molecule has 0 bridgehead atoms. The molecule has 1 atom stereocenters. The van der Waals surface area contributed by atoms with Crippen molar-refractivity contribution in [2.75, 3.05) is 0 Å². The van der Waals surface area contributed by atoms with Gasteiger partial charge < -0.3 is 11.1 Å². The first kappa shape index (κ1) is 13.7.